The van der Waals surface area contributed by atoms with Gasteiger partial charge in [-0.25, -0.2) is 17.2 Å². The van der Waals surface area contributed by atoms with E-state index in [1.807, 2.05) is 24.3 Å². The monoisotopic (exact) mass is 579 g/mol. The Bertz CT molecular complexity index is 1380. The third-order valence-electron chi connectivity index (χ3n) is 6.01. The Balaban J connectivity index is 1.41. The summed E-state index contributed by atoms with van der Waals surface area (Å²) in [6.45, 7) is 2.24. The van der Waals surface area contributed by atoms with E-state index in [1.165, 1.54) is 29.4 Å². The van der Waals surface area contributed by atoms with E-state index in [4.69, 9.17) is 4.52 Å². The van der Waals surface area contributed by atoms with Gasteiger partial charge in [0.25, 0.3) is 0 Å². The SMILES string of the molecule is Cc1noc(C=Cc2ccc(F)cc2F)c1S(=O)(=O)N1CCC(C(=O)NCc2ccc(Br)cc2)CC1. The van der Waals surface area contributed by atoms with Gasteiger partial charge in [-0.1, -0.05) is 33.2 Å². The Hall–Kier alpha value is -2.89. The first-order chi connectivity index (χ1) is 17.1. The van der Waals surface area contributed by atoms with Gasteiger partial charge in [-0.05, 0) is 61.7 Å². The second-order valence-electron chi connectivity index (χ2n) is 8.48. The van der Waals surface area contributed by atoms with Crippen molar-refractivity contribution in [2.24, 2.45) is 5.92 Å². The van der Waals surface area contributed by atoms with E-state index >= 15 is 0 Å². The summed E-state index contributed by atoms with van der Waals surface area (Å²) in [4.78, 5) is 12.5. The topological polar surface area (TPSA) is 92.5 Å². The predicted molar refractivity (Wildman–Crippen MR) is 134 cm³/mol. The number of halogens is 3. The van der Waals surface area contributed by atoms with Crippen LogP contribution in [0.15, 0.2) is 56.4 Å². The Morgan fingerprint density at radius 2 is 1.86 bits per heavy atom. The molecule has 2 heterocycles. The van der Waals surface area contributed by atoms with Crippen molar-refractivity contribution in [3.63, 3.8) is 0 Å². The summed E-state index contributed by atoms with van der Waals surface area (Å²) in [5.41, 5.74) is 1.21. The molecular weight excluding hydrogens is 556 g/mol. The molecule has 0 saturated carbocycles. The van der Waals surface area contributed by atoms with E-state index in [1.54, 1.807) is 0 Å². The summed E-state index contributed by atoms with van der Waals surface area (Å²) in [6.07, 6.45) is 3.35. The maximum Gasteiger partial charge on any atom is 0.248 e. The molecule has 0 aliphatic carbocycles. The van der Waals surface area contributed by atoms with Gasteiger partial charge in [0.15, 0.2) is 10.7 Å². The number of nitrogens with zero attached hydrogens (tertiary/aromatic N) is 2. The van der Waals surface area contributed by atoms with Crippen molar-refractivity contribution in [1.29, 1.82) is 0 Å². The summed E-state index contributed by atoms with van der Waals surface area (Å²) in [7, 11) is -3.97. The molecule has 1 N–H and O–H groups in total. The number of hydrogen-bond acceptors (Lipinski definition) is 5. The van der Waals surface area contributed by atoms with Crippen LogP contribution in [0.25, 0.3) is 12.2 Å². The molecule has 1 aliphatic rings. The zero-order valence-electron chi connectivity index (χ0n) is 19.4. The summed E-state index contributed by atoms with van der Waals surface area (Å²) < 4.78 is 61.3. The van der Waals surface area contributed by atoms with Crippen molar-refractivity contribution >= 4 is 44.0 Å². The Morgan fingerprint density at radius 1 is 1.17 bits per heavy atom. The van der Waals surface area contributed by atoms with Crippen LogP contribution in [0.4, 0.5) is 8.78 Å². The van der Waals surface area contributed by atoms with E-state index in [-0.39, 0.29) is 46.8 Å². The fourth-order valence-electron chi connectivity index (χ4n) is 4.02. The van der Waals surface area contributed by atoms with Gasteiger partial charge in [-0.15, -0.1) is 0 Å². The second-order valence-corrected chi connectivity index (χ2v) is 11.3. The van der Waals surface area contributed by atoms with Gasteiger partial charge in [0.05, 0.1) is 0 Å². The van der Waals surface area contributed by atoms with Crippen LogP contribution < -0.4 is 5.32 Å². The number of carbonyl (C=O) groups excluding carboxylic acids is 1. The number of piperidine rings is 1. The number of sulfonamides is 1. The van der Waals surface area contributed by atoms with E-state index in [0.29, 0.717) is 19.4 Å². The fraction of sp³-hybridized carbons (Fsp3) is 0.280. The third kappa shape index (κ3) is 5.91. The van der Waals surface area contributed by atoms with Crippen molar-refractivity contribution in [2.75, 3.05) is 13.1 Å². The lowest BCUT2D eigenvalue weighted by Gasteiger charge is -2.30. The van der Waals surface area contributed by atoms with Crippen LogP contribution in [0, 0.1) is 24.5 Å². The maximum absolute atomic E-state index is 14.0. The minimum Gasteiger partial charge on any atom is -0.355 e. The Morgan fingerprint density at radius 3 is 2.53 bits per heavy atom. The first kappa shape index (κ1) is 26.2. The lowest BCUT2D eigenvalue weighted by molar-refractivity contribution is -0.126. The highest BCUT2D eigenvalue weighted by molar-refractivity contribution is 9.10. The van der Waals surface area contributed by atoms with Crippen molar-refractivity contribution < 1.29 is 26.5 Å². The number of nitrogens with one attached hydrogen (secondary N) is 1. The van der Waals surface area contributed by atoms with Crippen LogP contribution >= 0.6 is 15.9 Å². The Labute approximate surface area is 216 Å². The molecule has 1 aromatic heterocycles. The van der Waals surface area contributed by atoms with Crippen molar-refractivity contribution in [1.82, 2.24) is 14.8 Å². The normalized spacial score (nSPS) is 15.4. The fourth-order valence-corrected chi connectivity index (χ4v) is 6.01. The quantitative estimate of drug-likeness (QED) is 0.429. The average Bonchev–Trinajstić information content (AvgIpc) is 3.24. The van der Waals surface area contributed by atoms with E-state index < -0.39 is 21.7 Å². The van der Waals surface area contributed by atoms with Gasteiger partial charge in [0, 0.05) is 41.7 Å². The molecule has 2 aromatic carbocycles. The summed E-state index contributed by atoms with van der Waals surface area (Å²) in [5.74, 6) is -1.95. The van der Waals surface area contributed by atoms with Gasteiger partial charge in [0.2, 0.25) is 15.9 Å². The molecular formula is C25H24BrF2N3O4S. The molecule has 190 valence electrons. The number of aromatic nitrogens is 1. The molecule has 0 unspecified atom stereocenters. The number of rotatable bonds is 7. The molecule has 36 heavy (non-hydrogen) atoms. The molecule has 11 heteroatoms. The molecule has 1 aliphatic heterocycles. The standard InChI is InChI=1S/C25H24BrF2N3O4S/c1-16-24(23(35-30-16)9-5-18-4-8-21(27)14-22(18)28)36(33,34)31-12-10-19(11-13-31)25(32)29-15-17-2-6-20(26)7-3-17/h2-9,14,19H,10-13,15H2,1H3,(H,29,32). The van der Waals surface area contributed by atoms with E-state index in [0.717, 1.165) is 22.2 Å². The van der Waals surface area contributed by atoms with Crippen molar-refractivity contribution in [3.8, 4) is 0 Å². The number of benzene rings is 2. The summed E-state index contributed by atoms with van der Waals surface area (Å²) >= 11 is 3.38. The molecule has 0 atom stereocenters. The molecule has 1 amide bonds. The molecule has 0 radical (unpaired) electrons. The van der Waals surface area contributed by atoms with Crippen LogP contribution in [0.3, 0.4) is 0 Å². The first-order valence-electron chi connectivity index (χ1n) is 11.3. The summed E-state index contributed by atoms with van der Waals surface area (Å²) in [5, 5.41) is 6.69. The lowest BCUT2D eigenvalue weighted by Crippen LogP contribution is -2.43. The zero-order valence-corrected chi connectivity index (χ0v) is 21.8. The van der Waals surface area contributed by atoms with Crippen LogP contribution in [0.2, 0.25) is 0 Å². The van der Waals surface area contributed by atoms with Gasteiger partial charge >= 0.3 is 0 Å². The largest absolute Gasteiger partial charge is 0.355 e. The molecule has 3 aromatic rings. The van der Waals surface area contributed by atoms with Crippen LogP contribution in [-0.4, -0.2) is 36.9 Å². The molecule has 1 saturated heterocycles. The third-order valence-corrected chi connectivity index (χ3v) is 8.60. The highest BCUT2D eigenvalue weighted by Crippen LogP contribution is 2.29. The van der Waals surface area contributed by atoms with Gasteiger partial charge < -0.3 is 9.84 Å². The zero-order chi connectivity index (χ0) is 25.9. The van der Waals surface area contributed by atoms with E-state index in [2.05, 4.69) is 26.4 Å². The lowest BCUT2D eigenvalue weighted by atomic mass is 9.97. The minimum atomic E-state index is -3.97. The predicted octanol–water partition coefficient (Wildman–Crippen LogP) is 4.91. The number of amides is 1. The van der Waals surface area contributed by atoms with E-state index in [9.17, 15) is 22.0 Å². The maximum atomic E-state index is 14.0. The Kier molecular flexibility index (Phi) is 8.01. The summed E-state index contributed by atoms with van der Waals surface area (Å²) in [6, 6.07) is 10.7. The molecule has 0 spiro atoms. The average molecular weight is 580 g/mol. The first-order valence-corrected chi connectivity index (χ1v) is 13.5. The smallest absolute Gasteiger partial charge is 0.248 e. The highest BCUT2D eigenvalue weighted by Gasteiger charge is 2.35. The molecule has 0 bridgehead atoms. The molecule has 4 rings (SSSR count). The second kappa shape index (κ2) is 11.0. The van der Waals surface area contributed by atoms with Crippen LogP contribution in [0.5, 0.6) is 0 Å². The molecule has 1 fully saturated rings. The van der Waals surface area contributed by atoms with Gasteiger partial charge in [-0.2, -0.15) is 4.31 Å². The van der Waals surface area contributed by atoms with Gasteiger partial charge in [0.1, 0.15) is 17.3 Å². The highest BCUT2D eigenvalue weighted by atomic mass is 79.9. The van der Waals surface area contributed by atoms with Crippen molar-refractivity contribution in [3.05, 3.63) is 81.2 Å². The van der Waals surface area contributed by atoms with Gasteiger partial charge in [-0.3, -0.25) is 4.79 Å². The number of carbonyl (C=O) groups is 1. The number of aryl methyl sites for hydroxylation is 1. The van der Waals surface area contributed by atoms with Crippen molar-refractivity contribution in [2.45, 2.75) is 31.2 Å². The number of hydrogen-bond donors (Lipinski definition) is 1. The minimum absolute atomic E-state index is 0.0504. The van der Waals surface area contributed by atoms with Crippen LogP contribution in [0.1, 0.15) is 35.4 Å². The van der Waals surface area contributed by atoms with Crippen LogP contribution in [-0.2, 0) is 21.4 Å². The molecule has 7 nitrogen and oxygen atoms in total.